The van der Waals surface area contributed by atoms with Gasteiger partial charge in [0.15, 0.2) is 0 Å². The summed E-state index contributed by atoms with van der Waals surface area (Å²) in [5.41, 5.74) is 4.48. The summed E-state index contributed by atoms with van der Waals surface area (Å²) in [7, 11) is 0. The van der Waals surface area contributed by atoms with Gasteiger partial charge in [0.1, 0.15) is 18.7 Å². The quantitative estimate of drug-likeness (QED) is 0.445. The summed E-state index contributed by atoms with van der Waals surface area (Å²) in [6.45, 7) is 6.04. The number of aliphatic carboxylic acids is 1. The van der Waals surface area contributed by atoms with Crippen molar-refractivity contribution in [3.63, 3.8) is 0 Å². The Morgan fingerprint density at radius 2 is 1.47 bits per heavy atom. The first-order valence-corrected chi connectivity index (χ1v) is 12.0. The van der Waals surface area contributed by atoms with Gasteiger partial charge in [-0.25, -0.2) is 9.59 Å². The van der Waals surface area contributed by atoms with Crippen LogP contribution < -0.4 is 10.6 Å². The van der Waals surface area contributed by atoms with Crippen LogP contribution in [0.3, 0.4) is 0 Å². The highest BCUT2D eigenvalue weighted by molar-refractivity contribution is 5.89. The highest BCUT2D eigenvalue weighted by atomic mass is 16.5. The zero-order valence-electron chi connectivity index (χ0n) is 20.0. The van der Waals surface area contributed by atoms with Crippen LogP contribution in [0.2, 0.25) is 0 Å². The number of carbonyl (C=O) groups is 3. The van der Waals surface area contributed by atoms with Crippen LogP contribution in [0.15, 0.2) is 48.5 Å². The van der Waals surface area contributed by atoms with Crippen LogP contribution >= 0.6 is 0 Å². The molecule has 3 rings (SSSR count). The summed E-state index contributed by atoms with van der Waals surface area (Å²) in [5.74, 6) is -1.34. The molecule has 0 aromatic heterocycles. The third-order valence-corrected chi connectivity index (χ3v) is 6.18. The number of carboxylic acid groups (broad SMARTS) is 1. The highest BCUT2D eigenvalue weighted by Gasteiger charge is 2.30. The molecule has 0 aliphatic heterocycles. The maximum Gasteiger partial charge on any atom is 0.407 e. The van der Waals surface area contributed by atoms with E-state index in [2.05, 4.69) is 22.8 Å². The number of hydrogen-bond donors (Lipinski definition) is 3. The van der Waals surface area contributed by atoms with Gasteiger partial charge in [-0.3, -0.25) is 4.79 Å². The minimum Gasteiger partial charge on any atom is -0.480 e. The third-order valence-electron chi connectivity index (χ3n) is 6.18. The second kappa shape index (κ2) is 11.7. The van der Waals surface area contributed by atoms with Crippen LogP contribution in [0.25, 0.3) is 11.1 Å². The van der Waals surface area contributed by atoms with Crippen molar-refractivity contribution < 1.29 is 24.2 Å². The molecule has 0 radical (unpaired) electrons. The second-order valence-electron chi connectivity index (χ2n) is 9.18. The van der Waals surface area contributed by atoms with Crippen molar-refractivity contribution in [2.45, 2.75) is 64.5 Å². The SMILES string of the molecule is CCC[C@@H](NC(=O)OCC1c2ccccc2-c2ccccc21)C(=O)NC(CCC(C)C)C(=O)O. The number of alkyl carbamates (subject to hydrolysis) is 1. The molecule has 3 N–H and O–H groups in total. The number of benzene rings is 2. The van der Waals surface area contributed by atoms with Crippen LogP contribution in [0.1, 0.15) is 63.5 Å². The van der Waals surface area contributed by atoms with E-state index >= 15 is 0 Å². The van der Waals surface area contributed by atoms with E-state index in [9.17, 15) is 19.5 Å². The number of fused-ring (bicyclic) bond motifs is 3. The average Bonchev–Trinajstić information content (AvgIpc) is 3.13. The molecule has 0 saturated carbocycles. The maximum atomic E-state index is 12.8. The van der Waals surface area contributed by atoms with Crippen molar-refractivity contribution in [3.8, 4) is 11.1 Å². The van der Waals surface area contributed by atoms with Gasteiger partial charge in [0.25, 0.3) is 0 Å². The van der Waals surface area contributed by atoms with E-state index in [1.54, 1.807) is 0 Å². The van der Waals surface area contributed by atoms with Gasteiger partial charge in [0.05, 0.1) is 0 Å². The van der Waals surface area contributed by atoms with Crippen molar-refractivity contribution in [3.05, 3.63) is 59.7 Å². The lowest BCUT2D eigenvalue weighted by atomic mass is 9.98. The Kier molecular flexibility index (Phi) is 8.68. The summed E-state index contributed by atoms with van der Waals surface area (Å²) in [6.07, 6.45) is 1.35. The van der Waals surface area contributed by atoms with Gasteiger partial charge in [-0.05, 0) is 47.4 Å². The van der Waals surface area contributed by atoms with Crippen LogP contribution in [-0.2, 0) is 14.3 Å². The standard InChI is InChI=1S/C27H34N2O5/c1-4-9-23(25(30)28-24(26(31)32)15-14-17(2)3)29-27(33)34-16-22-20-12-7-5-10-18(20)19-11-6-8-13-21(19)22/h5-8,10-13,17,22-24H,4,9,14-16H2,1-3H3,(H,28,30)(H,29,33)(H,31,32)/t23-,24?/m1/s1. The molecule has 2 aromatic carbocycles. The predicted molar refractivity (Wildman–Crippen MR) is 131 cm³/mol. The molecule has 182 valence electrons. The molecule has 0 fully saturated rings. The summed E-state index contributed by atoms with van der Waals surface area (Å²) in [5, 5.41) is 14.7. The summed E-state index contributed by atoms with van der Waals surface area (Å²) in [4.78, 5) is 37.0. The van der Waals surface area contributed by atoms with Crippen molar-refractivity contribution in [1.29, 1.82) is 0 Å². The molecular formula is C27H34N2O5. The second-order valence-corrected chi connectivity index (χ2v) is 9.18. The van der Waals surface area contributed by atoms with Gasteiger partial charge in [0, 0.05) is 5.92 Å². The zero-order valence-corrected chi connectivity index (χ0v) is 20.0. The van der Waals surface area contributed by atoms with Crippen molar-refractivity contribution in [1.82, 2.24) is 10.6 Å². The minimum atomic E-state index is -1.08. The topological polar surface area (TPSA) is 105 Å². The fraction of sp³-hybridized carbons (Fsp3) is 0.444. The highest BCUT2D eigenvalue weighted by Crippen LogP contribution is 2.44. The molecule has 0 heterocycles. The van der Waals surface area contributed by atoms with Gasteiger partial charge < -0.3 is 20.5 Å². The summed E-state index contributed by atoms with van der Waals surface area (Å²) in [6, 6.07) is 14.3. The molecule has 0 saturated heterocycles. The molecule has 2 aromatic rings. The lowest BCUT2D eigenvalue weighted by Gasteiger charge is -2.22. The normalized spacial score (nSPS) is 14.1. The van der Waals surface area contributed by atoms with E-state index < -0.39 is 30.1 Å². The van der Waals surface area contributed by atoms with E-state index in [1.165, 1.54) is 0 Å². The van der Waals surface area contributed by atoms with E-state index in [4.69, 9.17) is 4.74 Å². The number of amides is 2. The van der Waals surface area contributed by atoms with Gasteiger partial charge >= 0.3 is 12.1 Å². The molecule has 2 atom stereocenters. The van der Waals surface area contributed by atoms with E-state index in [1.807, 2.05) is 57.2 Å². The van der Waals surface area contributed by atoms with E-state index in [0.29, 0.717) is 31.6 Å². The number of carboxylic acids is 1. The van der Waals surface area contributed by atoms with Gasteiger partial charge in [-0.2, -0.15) is 0 Å². The Bertz CT molecular complexity index is 974. The first-order valence-electron chi connectivity index (χ1n) is 12.0. The number of nitrogens with one attached hydrogen (secondary N) is 2. The largest absolute Gasteiger partial charge is 0.480 e. The molecule has 1 aliphatic rings. The number of hydrogen-bond acceptors (Lipinski definition) is 4. The predicted octanol–water partition coefficient (Wildman–Crippen LogP) is 4.70. The van der Waals surface area contributed by atoms with Crippen LogP contribution in [0.5, 0.6) is 0 Å². The van der Waals surface area contributed by atoms with Crippen molar-refractivity contribution >= 4 is 18.0 Å². The van der Waals surface area contributed by atoms with E-state index in [-0.39, 0.29) is 12.5 Å². The molecule has 0 spiro atoms. The Morgan fingerprint density at radius 3 is 2.00 bits per heavy atom. The molecular weight excluding hydrogens is 432 g/mol. The monoisotopic (exact) mass is 466 g/mol. The van der Waals surface area contributed by atoms with Gasteiger partial charge in [0.2, 0.25) is 5.91 Å². The average molecular weight is 467 g/mol. The molecule has 34 heavy (non-hydrogen) atoms. The van der Waals surface area contributed by atoms with Crippen molar-refractivity contribution in [2.75, 3.05) is 6.61 Å². The molecule has 1 unspecified atom stereocenters. The van der Waals surface area contributed by atoms with E-state index in [0.717, 1.165) is 22.3 Å². The lowest BCUT2D eigenvalue weighted by Crippen LogP contribution is -2.51. The minimum absolute atomic E-state index is 0.0796. The Morgan fingerprint density at radius 1 is 0.882 bits per heavy atom. The maximum absolute atomic E-state index is 12.8. The van der Waals surface area contributed by atoms with Crippen LogP contribution in [0.4, 0.5) is 4.79 Å². The first-order chi connectivity index (χ1) is 16.3. The van der Waals surface area contributed by atoms with Gasteiger partial charge in [-0.15, -0.1) is 0 Å². The Hall–Kier alpha value is -3.35. The molecule has 7 heteroatoms. The Labute approximate surface area is 200 Å². The summed E-state index contributed by atoms with van der Waals surface area (Å²) >= 11 is 0. The van der Waals surface area contributed by atoms with Crippen molar-refractivity contribution in [2.24, 2.45) is 5.92 Å². The van der Waals surface area contributed by atoms with Gasteiger partial charge in [-0.1, -0.05) is 75.7 Å². The fourth-order valence-corrected chi connectivity index (χ4v) is 4.37. The molecule has 7 nitrogen and oxygen atoms in total. The zero-order chi connectivity index (χ0) is 24.7. The Balaban J connectivity index is 1.62. The number of carbonyl (C=O) groups excluding carboxylic acids is 2. The molecule has 1 aliphatic carbocycles. The molecule has 2 amide bonds. The number of rotatable bonds is 11. The van der Waals surface area contributed by atoms with Crippen LogP contribution in [-0.4, -0.2) is 41.8 Å². The number of ether oxygens (including phenoxy) is 1. The fourth-order valence-electron chi connectivity index (χ4n) is 4.37. The first kappa shape index (κ1) is 25.3. The summed E-state index contributed by atoms with van der Waals surface area (Å²) < 4.78 is 5.55. The third kappa shape index (κ3) is 6.16. The molecule has 0 bridgehead atoms. The smallest absolute Gasteiger partial charge is 0.407 e. The van der Waals surface area contributed by atoms with Crippen LogP contribution in [0, 0.1) is 5.92 Å². The lowest BCUT2D eigenvalue weighted by molar-refractivity contribution is -0.142.